The summed E-state index contributed by atoms with van der Waals surface area (Å²) in [5.74, 6) is 1.58. The molecule has 0 unspecified atom stereocenters. The van der Waals surface area contributed by atoms with Crippen molar-refractivity contribution in [1.82, 2.24) is 5.32 Å². The first-order valence-corrected chi connectivity index (χ1v) is 9.15. The number of aryl methyl sites for hydroxylation is 1. The van der Waals surface area contributed by atoms with E-state index in [1.807, 2.05) is 56.3 Å². The lowest BCUT2D eigenvalue weighted by Gasteiger charge is -2.38. The molecule has 4 nitrogen and oxygen atoms in total. The van der Waals surface area contributed by atoms with Gasteiger partial charge in [0.2, 0.25) is 5.91 Å². The topological polar surface area (TPSA) is 47.6 Å². The lowest BCUT2D eigenvalue weighted by molar-refractivity contribution is -0.122. The third-order valence-corrected chi connectivity index (χ3v) is 4.82. The number of halogens is 1. The fraction of sp³-hybridized carbons (Fsp3) is 0.381. The second kappa shape index (κ2) is 7.58. The Morgan fingerprint density at radius 2 is 2.00 bits per heavy atom. The Hall–Kier alpha value is -2.20. The van der Waals surface area contributed by atoms with Crippen LogP contribution in [-0.2, 0) is 11.2 Å². The van der Waals surface area contributed by atoms with Crippen molar-refractivity contribution in [2.24, 2.45) is 0 Å². The van der Waals surface area contributed by atoms with Gasteiger partial charge in [0.05, 0.1) is 13.2 Å². The van der Waals surface area contributed by atoms with Gasteiger partial charge in [-0.2, -0.15) is 0 Å². The van der Waals surface area contributed by atoms with Crippen molar-refractivity contribution in [2.75, 3.05) is 7.11 Å². The van der Waals surface area contributed by atoms with Crippen LogP contribution < -0.4 is 14.8 Å². The Labute approximate surface area is 159 Å². The second-order valence-corrected chi connectivity index (χ2v) is 7.65. The van der Waals surface area contributed by atoms with Gasteiger partial charge in [-0.25, -0.2) is 0 Å². The molecular weight excluding hydrogens is 350 g/mol. The number of hydrogen-bond donors (Lipinski definition) is 1. The van der Waals surface area contributed by atoms with Crippen LogP contribution in [0, 0.1) is 0 Å². The lowest BCUT2D eigenvalue weighted by Crippen LogP contribution is -2.41. The van der Waals surface area contributed by atoms with Gasteiger partial charge in [0.1, 0.15) is 17.1 Å². The Bertz CT molecular complexity index is 786. The zero-order chi connectivity index (χ0) is 18.7. The van der Waals surface area contributed by atoms with E-state index in [-0.39, 0.29) is 17.6 Å². The maximum Gasteiger partial charge on any atom is 0.220 e. The first-order chi connectivity index (χ1) is 12.4. The molecule has 0 saturated heterocycles. The molecule has 138 valence electrons. The van der Waals surface area contributed by atoms with Gasteiger partial charge in [-0.3, -0.25) is 4.79 Å². The fourth-order valence-electron chi connectivity index (χ4n) is 3.26. The van der Waals surface area contributed by atoms with Gasteiger partial charge in [-0.1, -0.05) is 23.7 Å². The average molecular weight is 374 g/mol. The van der Waals surface area contributed by atoms with E-state index in [1.165, 1.54) is 0 Å². The third-order valence-electron chi connectivity index (χ3n) is 4.56. The lowest BCUT2D eigenvalue weighted by atomic mass is 9.89. The van der Waals surface area contributed by atoms with Gasteiger partial charge < -0.3 is 14.8 Å². The van der Waals surface area contributed by atoms with Crippen molar-refractivity contribution in [3.05, 3.63) is 58.6 Å². The van der Waals surface area contributed by atoms with Crippen LogP contribution in [-0.4, -0.2) is 18.6 Å². The summed E-state index contributed by atoms with van der Waals surface area (Å²) < 4.78 is 11.4. The number of ether oxygens (including phenoxy) is 2. The van der Waals surface area contributed by atoms with Gasteiger partial charge in [0.25, 0.3) is 0 Å². The minimum absolute atomic E-state index is 0.0245. The van der Waals surface area contributed by atoms with Crippen molar-refractivity contribution in [2.45, 2.75) is 44.8 Å². The number of fused-ring (bicyclic) bond motifs is 1. The largest absolute Gasteiger partial charge is 0.497 e. The van der Waals surface area contributed by atoms with Crippen molar-refractivity contribution < 1.29 is 14.3 Å². The predicted octanol–water partition coefficient (Wildman–Crippen LogP) is 4.70. The zero-order valence-corrected chi connectivity index (χ0v) is 16.1. The first kappa shape index (κ1) is 18.6. The molecule has 1 amide bonds. The Balaban J connectivity index is 1.70. The van der Waals surface area contributed by atoms with Crippen LogP contribution >= 0.6 is 11.6 Å². The maximum absolute atomic E-state index is 12.5. The molecule has 0 bridgehead atoms. The van der Waals surface area contributed by atoms with Crippen LogP contribution in [0.1, 0.15) is 43.9 Å². The molecule has 1 atom stereocenters. The molecule has 0 radical (unpaired) electrons. The van der Waals surface area contributed by atoms with E-state index in [9.17, 15) is 4.79 Å². The number of benzene rings is 2. The minimum atomic E-state index is -0.338. The van der Waals surface area contributed by atoms with Crippen LogP contribution in [0.3, 0.4) is 0 Å². The molecule has 0 aromatic heterocycles. The smallest absolute Gasteiger partial charge is 0.220 e. The number of methoxy groups -OCH3 is 1. The summed E-state index contributed by atoms with van der Waals surface area (Å²) in [6.45, 7) is 4.07. The Morgan fingerprint density at radius 3 is 2.69 bits per heavy atom. The molecule has 0 fully saturated rings. The SMILES string of the molecule is COc1ccc2c(c1)[C@@H](NC(=O)CCc1ccc(Cl)cc1)CC(C)(C)O2. The van der Waals surface area contributed by atoms with Crippen molar-refractivity contribution in [3.63, 3.8) is 0 Å². The van der Waals surface area contributed by atoms with E-state index in [4.69, 9.17) is 21.1 Å². The van der Waals surface area contributed by atoms with E-state index in [1.54, 1.807) is 7.11 Å². The first-order valence-electron chi connectivity index (χ1n) is 8.77. The van der Waals surface area contributed by atoms with Crippen LogP contribution in [0.4, 0.5) is 0 Å². The number of carbonyl (C=O) groups excluding carboxylic acids is 1. The van der Waals surface area contributed by atoms with Crippen LogP contribution in [0.5, 0.6) is 11.5 Å². The summed E-state index contributed by atoms with van der Waals surface area (Å²) >= 11 is 5.90. The van der Waals surface area contributed by atoms with Gasteiger partial charge in [-0.05, 0) is 56.2 Å². The molecule has 1 aliphatic rings. The molecule has 2 aromatic rings. The van der Waals surface area contributed by atoms with E-state index >= 15 is 0 Å². The molecule has 0 spiro atoms. The molecule has 1 heterocycles. The van der Waals surface area contributed by atoms with Crippen LogP contribution in [0.15, 0.2) is 42.5 Å². The standard InChI is InChI=1S/C21H24ClNO3/c1-21(2)13-18(17-12-16(25-3)9-10-19(17)26-21)23-20(24)11-6-14-4-7-15(22)8-5-14/h4-5,7-10,12,18H,6,11,13H2,1-3H3,(H,23,24)/t18-/m0/s1. The highest BCUT2D eigenvalue weighted by Gasteiger charge is 2.34. The molecule has 5 heteroatoms. The minimum Gasteiger partial charge on any atom is -0.497 e. The highest BCUT2D eigenvalue weighted by molar-refractivity contribution is 6.30. The quantitative estimate of drug-likeness (QED) is 0.826. The van der Waals surface area contributed by atoms with Crippen LogP contribution in [0.2, 0.25) is 5.02 Å². The summed E-state index contributed by atoms with van der Waals surface area (Å²) in [6.07, 6.45) is 1.82. The molecule has 1 aliphatic heterocycles. The summed E-state index contributed by atoms with van der Waals surface area (Å²) in [5.41, 5.74) is 1.72. The molecule has 1 N–H and O–H groups in total. The van der Waals surface area contributed by atoms with Gasteiger partial charge >= 0.3 is 0 Å². The number of amides is 1. The summed E-state index contributed by atoms with van der Waals surface area (Å²) in [5, 5.41) is 3.87. The van der Waals surface area contributed by atoms with Crippen LogP contribution in [0.25, 0.3) is 0 Å². The fourth-order valence-corrected chi connectivity index (χ4v) is 3.39. The van der Waals surface area contributed by atoms with Gasteiger partial charge in [0.15, 0.2) is 0 Å². The molecule has 3 rings (SSSR count). The molecule has 0 aliphatic carbocycles. The van der Waals surface area contributed by atoms with Gasteiger partial charge in [0, 0.05) is 23.4 Å². The second-order valence-electron chi connectivity index (χ2n) is 7.22. The van der Waals surface area contributed by atoms with E-state index < -0.39 is 0 Å². The molecular formula is C21H24ClNO3. The number of hydrogen-bond acceptors (Lipinski definition) is 3. The molecule has 0 saturated carbocycles. The van der Waals surface area contributed by atoms with E-state index in [0.29, 0.717) is 24.3 Å². The normalized spacial score (nSPS) is 17.8. The Morgan fingerprint density at radius 1 is 1.27 bits per heavy atom. The van der Waals surface area contributed by atoms with Crippen molar-refractivity contribution in [1.29, 1.82) is 0 Å². The maximum atomic E-state index is 12.5. The summed E-state index contributed by atoms with van der Waals surface area (Å²) in [6, 6.07) is 13.2. The highest BCUT2D eigenvalue weighted by atomic mass is 35.5. The van der Waals surface area contributed by atoms with Gasteiger partial charge in [-0.15, -0.1) is 0 Å². The van der Waals surface area contributed by atoms with Crippen molar-refractivity contribution in [3.8, 4) is 11.5 Å². The van der Waals surface area contributed by atoms with E-state index in [0.717, 1.165) is 22.6 Å². The predicted molar refractivity (Wildman–Crippen MR) is 103 cm³/mol. The summed E-state index contributed by atoms with van der Waals surface area (Å²) in [4.78, 5) is 12.5. The van der Waals surface area contributed by atoms with Crippen molar-refractivity contribution >= 4 is 17.5 Å². The number of nitrogens with one attached hydrogen (secondary N) is 1. The van der Waals surface area contributed by atoms with E-state index in [2.05, 4.69) is 5.32 Å². The average Bonchev–Trinajstić information content (AvgIpc) is 2.60. The highest BCUT2D eigenvalue weighted by Crippen LogP contribution is 2.41. The Kier molecular flexibility index (Phi) is 5.42. The zero-order valence-electron chi connectivity index (χ0n) is 15.3. The monoisotopic (exact) mass is 373 g/mol. The number of carbonyl (C=O) groups is 1. The number of rotatable bonds is 5. The molecule has 2 aromatic carbocycles. The third kappa shape index (κ3) is 4.50. The summed E-state index contributed by atoms with van der Waals surface area (Å²) in [7, 11) is 1.63. The molecule has 26 heavy (non-hydrogen) atoms.